The molecule has 0 aliphatic carbocycles. The van der Waals surface area contributed by atoms with E-state index in [0.29, 0.717) is 6.07 Å². The molecule has 0 heterocycles. The number of rotatable bonds is 1. The van der Waals surface area contributed by atoms with Gasteiger partial charge >= 0.3 is 6.36 Å². The third-order valence-corrected chi connectivity index (χ3v) is 1.60. The smallest absolute Gasteiger partial charge is 0.506 e. The summed E-state index contributed by atoms with van der Waals surface area (Å²) in [6.45, 7) is 0. The highest BCUT2D eigenvalue weighted by Gasteiger charge is 2.32. The van der Waals surface area contributed by atoms with Gasteiger partial charge in [-0.05, 0) is 6.07 Å². The standard InChI is InChI=1S/C7H5ClF3NO2/c8-3-1-4(12)5(13)2-6(3)14-7(9,10)11/h1-2,13H,12H2. The molecule has 0 spiro atoms. The molecular formula is C7H5ClF3NO2. The summed E-state index contributed by atoms with van der Waals surface area (Å²) in [5, 5.41) is 8.67. The van der Waals surface area contributed by atoms with Gasteiger partial charge in [-0.2, -0.15) is 0 Å². The minimum atomic E-state index is -4.85. The van der Waals surface area contributed by atoms with Crippen molar-refractivity contribution in [3.63, 3.8) is 0 Å². The van der Waals surface area contributed by atoms with Crippen molar-refractivity contribution in [2.45, 2.75) is 6.36 Å². The van der Waals surface area contributed by atoms with E-state index in [0.717, 1.165) is 6.07 Å². The van der Waals surface area contributed by atoms with E-state index in [1.807, 2.05) is 0 Å². The van der Waals surface area contributed by atoms with Gasteiger partial charge in [-0.25, -0.2) is 0 Å². The Morgan fingerprint density at radius 2 is 1.93 bits per heavy atom. The second kappa shape index (κ2) is 3.45. The topological polar surface area (TPSA) is 55.5 Å². The number of ether oxygens (including phenoxy) is 1. The number of phenols is 1. The Morgan fingerprint density at radius 3 is 2.43 bits per heavy atom. The van der Waals surface area contributed by atoms with Gasteiger partial charge in [0.15, 0.2) is 5.75 Å². The predicted octanol–water partition coefficient (Wildman–Crippen LogP) is 2.53. The molecule has 0 atom stereocenters. The van der Waals surface area contributed by atoms with E-state index >= 15 is 0 Å². The molecule has 0 aliphatic heterocycles. The molecule has 14 heavy (non-hydrogen) atoms. The number of halogens is 4. The van der Waals surface area contributed by atoms with Gasteiger partial charge in [-0.15, -0.1) is 13.2 Å². The van der Waals surface area contributed by atoms with Gasteiger partial charge in [0.1, 0.15) is 5.75 Å². The zero-order chi connectivity index (χ0) is 10.9. The van der Waals surface area contributed by atoms with Gasteiger partial charge in [0.05, 0.1) is 10.7 Å². The molecule has 1 aromatic rings. The monoisotopic (exact) mass is 227 g/mol. The van der Waals surface area contributed by atoms with E-state index in [1.54, 1.807) is 0 Å². The lowest BCUT2D eigenvalue weighted by Gasteiger charge is -2.11. The van der Waals surface area contributed by atoms with E-state index in [9.17, 15) is 13.2 Å². The molecule has 0 fully saturated rings. The van der Waals surface area contributed by atoms with Gasteiger partial charge in [-0.1, -0.05) is 11.6 Å². The Morgan fingerprint density at radius 1 is 1.36 bits per heavy atom. The van der Waals surface area contributed by atoms with Gasteiger partial charge in [0.2, 0.25) is 0 Å². The van der Waals surface area contributed by atoms with Crippen molar-refractivity contribution in [1.29, 1.82) is 0 Å². The van der Waals surface area contributed by atoms with Gasteiger partial charge in [0, 0.05) is 6.07 Å². The molecule has 78 valence electrons. The second-order valence-corrected chi connectivity index (χ2v) is 2.80. The summed E-state index contributed by atoms with van der Waals surface area (Å²) in [6, 6.07) is 1.67. The minimum Gasteiger partial charge on any atom is -0.506 e. The lowest BCUT2D eigenvalue weighted by Crippen LogP contribution is -2.17. The lowest BCUT2D eigenvalue weighted by molar-refractivity contribution is -0.274. The van der Waals surface area contributed by atoms with Crippen LogP contribution in [0.4, 0.5) is 18.9 Å². The molecular weight excluding hydrogens is 223 g/mol. The van der Waals surface area contributed by atoms with Crippen LogP contribution in [0.3, 0.4) is 0 Å². The normalized spacial score (nSPS) is 11.4. The third-order valence-electron chi connectivity index (χ3n) is 1.31. The largest absolute Gasteiger partial charge is 0.573 e. The first-order valence-corrected chi connectivity index (χ1v) is 3.71. The summed E-state index contributed by atoms with van der Waals surface area (Å²) in [5.41, 5.74) is 5.06. The van der Waals surface area contributed by atoms with Crippen LogP contribution in [0.2, 0.25) is 5.02 Å². The molecule has 0 saturated heterocycles. The van der Waals surface area contributed by atoms with Crippen molar-refractivity contribution < 1.29 is 23.0 Å². The van der Waals surface area contributed by atoms with Crippen LogP contribution < -0.4 is 10.5 Å². The fraction of sp³-hybridized carbons (Fsp3) is 0.143. The molecule has 7 heteroatoms. The number of alkyl halides is 3. The Labute approximate surface area is 81.8 Å². The molecule has 0 aliphatic rings. The maximum Gasteiger partial charge on any atom is 0.573 e. The van der Waals surface area contributed by atoms with Crippen molar-refractivity contribution in [1.82, 2.24) is 0 Å². The fourth-order valence-corrected chi connectivity index (χ4v) is 0.972. The highest BCUT2D eigenvalue weighted by atomic mass is 35.5. The van der Waals surface area contributed by atoms with E-state index in [1.165, 1.54) is 0 Å². The molecule has 0 unspecified atom stereocenters. The number of anilines is 1. The molecule has 1 rings (SSSR count). The third kappa shape index (κ3) is 2.59. The molecule has 0 bridgehead atoms. The number of nitrogen functional groups attached to an aromatic ring is 1. The van der Waals surface area contributed by atoms with Crippen LogP contribution in [0.5, 0.6) is 11.5 Å². The van der Waals surface area contributed by atoms with Crippen molar-refractivity contribution in [2.24, 2.45) is 0 Å². The first-order chi connectivity index (χ1) is 6.29. The number of nitrogens with two attached hydrogens (primary N) is 1. The molecule has 0 radical (unpaired) electrons. The second-order valence-electron chi connectivity index (χ2n) is 2.39. The highest BCUT2D eigenvalue weighted by Crippen LogP contribution is 2.36. The van der Waals surface area contributed by atoms with E-state index in [-0.39, 0.29) is 10.7 Å². The van der Waals surface area contributed by atoms with E-state index in [4.69, 9.17) is 22.4 Å². The van der Waals surface area contributed by atoms with E-state index < -0.39 is 17.9 Å². The molecule has 0 aromatic heterocycles. The average molecular weight is 228 g/mol. The highest BCUT2D eigenvalue weighted by molar-refractivity contribution is 6.32. The van der Waals surface area contributed by atoms with Crippen molar-refractivity contribution in [3.8, 4) is 11.5 Å². The van der Waals surface area contributed by atoms with Crippen molar-refractivity contribution in [2.75, 3.05) is 5.73 Å². The van der Waals surface area contributed by atoms with Crippen LogP contribution in [0.1, 0.15) is 0 Å². The summed E-state index contributed by atoms with van der Waals surface area (Å²) < 4.78 is 38.8. The number of hydrogen-bond acceptors (Lipinski definition) is 3. The maximum atomic E-state index is 11.8. The summed E-state index contributed by atoms with van der Waals surface area (Å²) in [6.07, 6.45) is -4.85. The number of phenolic OH excluding ortho intramolecular Hbond substituents is 1. The van der Waals surface area contributed by atoms with Gasteiger partial charge in [0.25, 0.3) is 0 Å². The lowest BCUT2D eigenvalue weighted by atomic mass is 10.3. The fourth-order valence-electron chi connectivity index (χ4n) is 0.761. The Bertz CT molecular complexity index is 354. The maximum absolute atomic E-state index is 11.8. The SMILES string of the molecule is Nc1cc(Cl)c(OC(F)(F)F)cc1O. The summed E-state index contributed by atoms with van der Waals surface area (Å²) in [4.78, 5) is 0. The zero-order valence-corrected chi connectivity index (χ0v) is 7.36. The van der Waals surface area contributed by atoms with Crippen molar-refractivity contribution in [3.05, 3.63) is 17.2 Å². The first-order valence-electron chi connectivity index (χ1n) is 3.33. The summed E-state index contributed by atoms with van der Waals surface area (Å²) in [5.74, 6) is -1.21. The number of benzene rings is 1. The summed E-state index contributed by atoms with van der Waals surface area (Å²) >= 11 is 5.39. The van der Waals surface area contributed by atoms with E-state index in [2.05, 4.69) is 4.74 Å². The van der Waals surface area contributed by atoms with Gasteiger partial charge < -0.3 is 15.6 Å². The Hall–Kier alpha value is -1.30. The molecule has 1 aromatic carbocycles. The van der Waals surface area contributed by atoms with Crippen LogP contribution in [-0.2, 0) is 0 Å². The number of hydrogen-bond donors (Lipinski definition) is 2. The Balaban J connectivity index is 3.04. The molecule has 0 saturated carbocycles. The molecule has 3 N–H and O–H groups in total. The average Bonchev–Trinajstić information content (AvgIpc) is 1.97. The van der Waals surface area contributed by atoms with Crippen LogP contribution in [0, 0.1) is 0 Å². The molecule has 3 nitrogen and oxygen atoms in total. The zero-order valence-electron chi connectivity index (χ0n) is 6.60. The number of aromatic hydroxyl groups is 1. The van der Waals surface area contributed by atoms with Gasteiger partial charge in [-0.3, -0.25) is 0 Å². The quantitative estimate of drug-likeness (QED) is 0.573. The Kier molecular flexibility index (Phi) is 2.66. The van der Waals surface area contributed by atoms with Crippen LogP contribution in [0.25, 0.3) is 0 Å². The van der Waals surface area contributed by atoms with Crippen LogP contribution in [-0.4, -0.2) is 11.5 Å². The molecule has 0 amide bonds. The van der Waals surface area contributed by atoms with Crippen molar-refractivity contribution >= 4 is 17.3 Å². The first kappa shape index (κ1) is 10.8. The summed E-state index contributed by atoms with van der Waals surface area (Å²) in [7, 11) is 0. The van der Waals surface area contributed by atoms with Crippen LogP contribution >= 0.6 is 11.6 Å². The van der Waals surface area contributed by atoms with Crippen LogP contribution in [0.15, 0.2) is 12.1 Å². The minimum absolute atomic E-state index is 0.121. The predicted molar refractivity (Wildman–Crippen MR) is 44.2 cm³/mol.